The van der Waals surface area contributed by atoms with E-state index in [1.807, 2.05) is 24.3 Å². The van der Waals surface area contributed by atoms with Gasteiger partial charge < -0.3 is 4.74 Å². The van der Waals surface area contributed by atoms with E-state index in [4.69, 9.17) is 14.8 Å². The third kappa shape index (κ3) is 2.55. The maximum Gasteiger partial charge on any atom is 0.264 e. The topological polar surface area (TPSA) is 39.9 Å². The molecule has 0 bridgehead atoms. The number of alkyl halides is 2. The van der Waals surface area contributed by atoms with Crippen molar-refractivity contribution in [3.05, 3.63) is 47.3 Å². The maximum absolute atomic E-state index is 13.9. The van der Waals surface area contributed by atoms with Crippen LogP contribution >= 0.6 is 0 Å². The smallest absolute Gasteiger partial charge is 0.264 e. The number of methoxy groups -OCH3 is 1. The number of hydrogen-bond donors (Lipinski definition) is 0. The summed E-state index contributed by atoms with van der Waals surface area (Å²) in [6.07, 6.45) is 1.52. The highest BCUT2D eigenvalue weighted by atomic mass is 19.3. The monoisotopic (exact) mass is 355 g/mol. The average molecular weight is 355 g/mol. The largest absolute Gasteiger partial charge is 0.497 e. The summed E-state index contributed by atoms with van der Waals surface area (Å²) >= 11 is 0. The molecule has 3 aromatic rings. The highest BCUT2D eigenvalue weighted by molar-refractivity contribution is 5.85. The number of hydrogen-bond acceptors (Lipinski definition) is 3. The van der Waals surface area contributed by atoms with E-state index < -0.39 is 6.43 Å². The first-order valence-corrected chi connectivity index (χ1v) is 9.01. The van der Waals surface area contributed by atoms with E-state index in [2.05, 4.69) is 0 Å². The van der Waals surface area contributed by atoms with Crippen molar-refractivity contribution in [3.8, 4) is 11.4 Å². The third-order valence-corrected chi connectivity index (χ3v) is 5.23. The van der Waals surface area contributed by atoms with Gasteiger partial charge in [-0.15, -0.1) is 0 Å². The van der Waals surface area contributed by atoms with Crippen molar-refractivity contribution < 1.29 is 13.5 Å². The summed E-state index contributed by atoms with van der Waals surface area (Å²) in [6.45, 7) is 0. The van der Waals surface area contributed by atoms with Crippen molar-refractivity contribution in [3.63, 3.8) is 0 Å². The van der Waals surface area contributed by atoms with Crippen molar-refractivity contribution >= 4 is 11.0 Å². The molecular formula is C20H19F2N3O. The van der Waals surface area contributed by atoms with Gasteiger partial charge in [-0.3, -0.25) is 0 Å². The van der Waals surface area contributed by atoms with Gasteiger partial charge in [-0.25, -0.2) is 18.4 Å². The summed E-state index contributed by atoms with van der Waals surface area (Å²) < 4.78 is 34.6. The zero-order chi connectivity index (χ0) is 17.8. The second kappa shape index (κ2) is 5.76. The van der Waals surface area contributed by atoms with E-state index in [-0.39, 0.29) is 11.5 Å². The summed E-state index contributed by atoms with van der Waals surface area (Å²) in [7, 11) is 1.61. The molecule has 134 valence electrons. The summed E-state index contributed by atoms with van der Waals surface area (Å²) in [6, 6.07) is 9.07. The minimum Gasteiger partial charge on any atom is -0.497 e. The van der Waals surface area contributed by atoms with E-state index in [1.165, 1.54) is 0 Å². The van der Waals surface area contributed by atoms with E-state index in [0.29, 0.717) is 17.0 Å². The van der Waals surface area contributed by atoms with Crippen LogP contribution in [0.5, 0.6) is 5.75 Å². The molecule has 2 heterocycles. The van der Waals surface area contributed by atoms with Gasteiger partial charge in [-0.2, -0.15) is 5.10 Å². The predicted octanol–water partition coefficient (Wildman–Crippen LogP) is 5.12. The van der Waals surface area contributed by atoms with Crippen LogP contribution in [0.25, 0.3) is 16.7 Å². The minimum atomic E-state index is -2.52. The SMILES string of the molecule is COc1ccc(-n2nc(C3CC3)c3c(C(F)F)cc(C4CC4)nc32)cc1. The van der Waals surface area contributed by atoms with Crippen LogP contribution in [-0.4, -0.2) is 21.9 Å². The summed E-state index contributed by atoms with van der Waals surface area (Å²) in [4.78, 5) is 4.77. The molecule has 0 radical (unpaired) electrons. The lowest BCUT2D eigenvalue weighted by Gasteiger charge is -2.08. The average Bonchev–Trinajstić information content (AvgIpc) is 3.57. The van der Waals surface area contributed by atoms with Gasteiger partial charge in [0.25, 0.3) is 6.43 Å². The molecule has 0 amide bonds. The Hall–Kier alpha value is -2.50. The first-order valence-electron chi connectivity index (χ1n) is 9.01. The molecule has 5 rings (SSSR count). The van der Waals surface area contributed by atoms with Crippen LogP contribution in [0.15, 0.2) is 30.3 Å². The zero-order valence-electron chi connectivity index (χ0n) is 14.5. The van der Waals surface area contributed by atoms with Gasteiger partial charge in [-0.05, 0) is 56.0 Å². The molecule has 2 aliphatic carbocycles. The normalized spacial score (nSPS) is 17.2. The Bertz CT molecular complexity index is 973. The predicted molar refractivity (Wildman–Crippen MR) is 94.3 cm³/mol. The fourth-order valence-electron chi connectivity index (χ4n) is 3.50. The van der Waals surface area contributed by atoms with E-state index in [9.17, 15) is 8.78 Å². The Labute approximate surface area is 149 Å². The van der Waals surface area contributed by atoms with E-state index in [1.54, 1.807) is 17.9 Å². The Morgan fingerprint density at radius 1 is 1.08 bits per heavy atom. The van der Waals surface area contributed by atoms with Crippen LogP contribution in [0.2, 0.25) is 0 Å². The number of halogens is 2. The summed E-state index contributed by atoms with van der Waals surface area (Å²) in [5, 5.41) is 5.27. The van der Waals surface area contributed by atoms with Crippen molar-refractivity contribution in [2.45, 2.75) is 43.9 Å². The molecule has 2 aliphatic rings. The zero-order valence-corrected chi connectivity index (χ0v) is 14.5. The molecule has 0 unspecified atom stereocenters. The van der Waals surface area contributed by atoms with Crippen molar-refractivity contribution in [1.29, 1.82) is 0 Å². The molecule has 0 spiro atoms. The Morgan fingerprint density at radius 2 is 1.77 bits per heavy atom. The van der Waals surface area contributed by atoms with Gasteiger partial charge in [-0.1, -0.05) is 0 Å². The van der Waals surface area contributed by atoms with Gasteiger partial charge in [0.05, 0.1) is 23.9 Å². The van der Waals surface area contributed by atoms with Crippen LogP contribution < -0.4 is 4.74 Å². The quantitative estimate of drug-likeness (QED) is 0.638. The molecule has 0 atom stereocenters. The van der Waals surface area contributed by atoms with Gasteiger partial charge in [0.1, 0.15) is 5.75 Å². The van der Waals surface area contributed by atoms with Crippen molar-refractivity contribution in [1.82, 2.24) is 14.8 Å². The summed E-state index contributed by atoms with van der Waals surface area (Å²) in [5.41, 5.74) is 2.98. The second-order valence-corrected chi connectivity index (χ2v) is 7.18. The highest BCUT2D eigenvalue weighted by Gasteiger charge is 2.34. The molecule has 26 heavy (non-hydrogen) atoms. The number of fused-ring (bicyclic) bond motifs is 1. The first kappa shape index (κ1) is 15.7. The van der Waals surface area contributed by atoms with Crippen LogP contribution in [0.4, 0.5) is 8.78 Å². The van der Waals surface area contributed by atoms with Gasteiger partial charge in [0, 0.05) is 23.1 Å². The molecule has 6 heteroatoms. The Balaban J connectivity index is 1.76. The molecular weight excluding hydrogens is 336 g/mol. The fraction of sp³-hybridized carbons (Fsp3) is 0.400. The number of aromatic nitrogens is 3. The van der Waals surface area contributed by atoms with Crippen molar-refractivity contribution in [2.75, 3.05) is 7.11 Å². The van der Waals surface area contributed by atoms with Crippen LogP contribution in [-0.2, 0) is 0 Å². The first-order chi connectivity index (χ1) is 12.7. The lowest BCUT2D eigenvalue weighted by molar-refractivity contribution is 0.153. The third-order valence-electron chi connectivity index (χ3n) is 5.23. The molecule has 4 nitrogen and oxygen atoms in total. The maximum atomic E-state index is 13.9. The standard InChI is InChI=1S/C20H19F2N3O/c1-26-14-8-6-13(7-9-14)25-20-17(18(24-25)12-4-5-12)15(19(21)22)10-16(23-20)11-2-3-11/h6-12,19H,2-5H2,1H3. The van der Waals surface area contributed by atoms with Gasteiger partial charge >= 0.3 is 0 Å². The lowest BCUT2D eigenvalue weighted by atomic mass is 10.1. The molecule has 1 aromatic carbocycles. The summed E-state index contributed by atoms with van der Waals surface area (Å²) in [5.74, 6) is 1.32. The van der Waals surface area contributed by atoms with E-state index >= 15 is 0 Å². The molecule has 0 N–H and O–H groups in total. The number of benzene rings is 1. The Morgan fingerprint density at radius 3 is 2.35 bits per heavy atom. The van der Waals surface area contributed by atoms with Crippen LogP contribution in [0, 0.1) is 0 Å². The molecule has 2 aromatic heterocycles. The number of pyridine rings is 1. The highest BCUT2D eigenvalue weighted by Crippen LogP contribution is 2.47. The lowest BCUT2D eigenvalue weighted by Crippen LogP contribution is -2.00. The minimum absolute atomic E-state index is 0.0820. The molecule has 0 saturated heterocycles. The Kier molecular flexibility index (Phi) is 3.48. The van der Waals surface area contributed by atoms with Gasteiger partial charge in [0.2, 0.25) is 0 Å². The fourth-order valence-corrected chi connectivity index (χ4v) is 3.50. The van der Waals surface area contributed by atoms with Crippen LogP contribution in [0.1, 0.15) is 60.9 Å². The molecule has 2 saturated carbocycles. The second-order valence-electron chi connectivity index (χ2n) is 7.18. The van der Waals surface area contributed by atoms with E-state index in [0.717, 1.165) is 48.5 Å². The number of ether oxygens (including phenoxy) is 1. The van der Waals surface area contributed by atoms with Gasteiger partial charge in [0.15, 0.2) is 5.65 Å². The van der Waals surface area contributed by atoms with Crippen LogP contribution in [0.3, 0.4) is 0 Å². The number of rotatable bonds is 5. The molecule has 2 fully saturated rings. The van der Waals surface area contributed by atoms with Crippen molar-refractivity contribution in [2.24, 2.45) is 0 Å². The number of nitrogens with zero attached hydrogens (tertiary/aromatic N) is 3. The molecule has 0 aliphatic heterocycles.